The average molecular weight is 98.1 g/mol. The minimum atomic E-state index is -1.21. The molecule has 0 atom stereocenters. The molecule has 0 fully saturated rings. The summed E-state index contributed by atoms with van der Waals surface area (Å²) < 4.78 is 0. The zero-order chi connectivity index (χ0) is 5.70. The Morgan fingerprint density at radius 2 is 2.57 bits per heavy atom. The Morgan fingerprint density at radius 1 is 2.00 bits per heavy atom. The number of carboxylic acids is 1. The molecule has 0 rings (SSSR count). The summed E-state index contributed by atoms with van der Waals surface area (Å²) in [5.74, 6) is -1.21. The van der Waals surface area contributed by atoms with Gasteiger partial charge in [-0.25, -0.2) is 4.79 Å². The van der Waals surface area contributed by atoms with Gasteiger partial charge in [0.15, 0.2) is 0 Å². The highest BCUT2D eigenvalue weighted by Crippen LogP contribution is 1.55. The maximum atomic E-state index is 9.46. The third kappa shape index (κ3) is 4.63. The summed E-state index contributed by atoms with van der Waals surface area (Å²) in [5, 5.41) is 15.3. The van der Waals surface area contributed by atoms with Gasteiger partial charge in [-0.2, -0.15) is 10.3 Å². The van der Waals surface area contributed by atoms with E-state index >= 15 is 0 Å². The fourth-order valence-electron chi connectivity index (χ4n) is 0.0841. The highest BCUT2D eigenvalue weighted by Gasteiger charge is 1.81. The molecule has 0 amide bonds. The number of carbonyl (C=O) groups is 1. The molecule has 0 bridgehead atoms. The molecule has 0 saturated carbocycles. The van der Waals surface area contributed by atoms with Crippen LogP contribution in [0.1, 0.15) is 0 Å². The standard InChI is InChI=1S/C3H2N2O2/c4-2-5-1-3(6)7/h1H,(H,6,7). The van der Waals surface area contributed by atoms with Gasteiger partial charge in [0.05, 0.1) is 0 Å². The number of aliphatic carboxylic acids is 1. The Hall–Kier alpha value is -1.37. The van der Waals surface area contributed by atoms with Gasteiger partial charge in [-0.05, 0) is 0 Å². The number of rotatable bonds is 1. The van der Waals surface area contributed by atoms with Gasteiger partial charge >= 0.3 is 5.97 Å². The molecule has 4 nitrogen and oxygen atoms in total. The van der Waals surface area contributed by atoms with Gasteiger partial charge < -0.3 is 5.11 Å². The first-order valence-corrected chi connectivity index (χ1v) is 1.42. The lowest BCUT2D eigenvalue weighted by atomic mass is 10.8. The third-order valence-corrected chi connectivity index (χ3v) is 0.233. The molecule has 0 aromatic heterocycles. The topological polar surface area (TPSA) is 73.5 Å². The molecule has 0 aliphatic rings. The zero-order valence-corrected chi connectivity index (χ0v) is 3.33. The van der Waals surface area contributed by atoms with Crippen LogP contribution in [0, 0.1) is 11.5 Å². The fourth-order valence-corrected chi connectivity index (χ4v) is 0.0841. The fraction of sp³-hybridized carbons (Fsp3) is 0. The molecule has 0 saturated heterocycles. The maximum absolute atomic E-state index is 9.46. The Bertz CT molecular complexity index is 132. The molecule has 36 valence electrons. The van der Waals surface area contributed by atoms with Crippen molar-refractivity contribution in [3.05, 3.63) is 0 Å². The first-order chi connectivity index (χ1) is 3.27. The van der Waals surface area contributed by atoms with Crippen LogP contribution in [-0.4, -0.2) is 17.3 Å². The lowest BCUT2D eigenvalue weighted by Gasteiger charge is -1.66. The molecule has 7 heavy (non-hydrogen) atoms. The lowest BCUT2D eigenvalue weighted by molar-refractivity contribution is -0.128. The van der Waals surface area contributed by atoms with Crippen molar-refractivity contribution in [2.45, 2.75) is 0 Å². The predicted molar refractivity (Wildman–Crippen MR) is 21.7 cm³/mol. The molecule has 1 N–H and O–H groups in total. The van der Waals surface area contributed by atoms with Gasteiger partial charge in [0, 0.05) is 0 Å². The molecular formula is C3H2N2O2. The van der Waals surface area contributed by atoms with Crippen molar-refractivity contribution in [1.82, 2.24) is 0 Å². The summed E-state index contributed by atoms with van der Waals surface area (Å²) in [6.07, 6.45) is 1.82. The second kappa shape index (κ2) is 2.85. The largest absolute Gasteiger partial charge is 0.477 e. The summed E-state index contributed by atoms with van der Waals surface area (Å²) in [5.41, 5.74) is 0. The number of hydrogen-bond donors (Lipinski definition) is 1. The van der Waals surface area contributed by atoms with E-state index in [1.807, 2.05) is 0 Å². The van der Waals surface area contributed by atoms with Gasteiger partial charge in [-0.1, -0.05) is 0 Å². The van der Waals surface area contributed by atoms with E-state index < -0.39 is 5.97 Å². The summed E-state index contributed by atoms with van der Waals surface area (Å²) in [6.45, 7) is 0. The maximum Gasteiger partial charge on any atom is 0.347 e. The minimum absolute atomic E-state index is 0.528. The predicted octanol–water partition coefficient (Wildman–Crippen LogP) is -0.377. The number of nitrogens with zero attached hydrogens (tertiary/aromatic N) is 2. The normalized spacial score (nSPS) is 8.43. The highest BCUT2D eigenvalue weighted by atomic mass is 16.4. The van der Waals surface area contributed by atoms with Crippen molar-refractivity contribution >= 4 is 12.2 Å². The summed E-state index contributed by atoms with van der Waals surface area (Å²) in [4.78, 5) is 12.2. The van der Waals surface area contributed by atoms with Gasteiger partial charge in [0.1, 0.15) is 6.21 Å². The number of carboxylic acid groups (broad SMARTS) is 1. The van der Waals surface area contributed by atoms with Crippen LogP contribution < -0.4 is 0 Å². The summed E-state index contributed by atoms with van der Waals surface area (Å²) in [6, 6.07) is 0. The lowest BCUT2D eigenvalue weighted by Crippen LogP contribution is -1.93. The first kappa shape index (κ1) is 5.63. The van der Waals surface area contributed by atoms with E-state index in [-0.39, 0.29) is 0 Å². The van der Waals surface area contributed by atoms with Crippen molar-refractivity contribution in [2.75, 3.05) is 0 Å². The van der Waals surface area contributed by atoms with Crippen LogP contribution in [0.15, 0.2) is 4.99 Å². The quantitative estimate of drug-likeness (QED) is 0.359. The molecule has 0 unspecified atom stereocenters. The monoisotopic (exact) mass is 98.0 g/mol. The second-order valence-electron chi connectivity index (χ2n) is 0.696. The van der Waals surface area contributed by atoms with Crippen LogP contribution in [0.25, 0.3) is 0 Å². The smallest absolute Gasteiger partial charge is 0.347 e. The Morgan fingerprint density at radius 3 is 2.71 bits per heavy atom. The van der Waals surface area contributed by atoms with Crippen molar-refractivity contribution in [1.29, 1.82) is 5.26 Å². The van der Waals surface area contributed by atoms with Gasteiger partial charge in [-0.3, -0.25) is 0 Å². The number of aliphatic imine (C=N–C) groups is 1. The van der Waals surface area contributed by atoms with Crippen molar-refractivity contribution in [3.63, 3.8) is 0 Å². The van der Waals surface area contributed by atoms with Crippen LogP contribution in [0.2, 0.25) is 0 Å². The van der Waals surface area contributed by atoms with Crippen LogP contribution in [0.4, 0.5) is 0 Å². The first-order valence-electron chi connectivity index (χ1n) is 1.42. The van der Waals surface area contributed by atoms with Crippen molar-refractivity contribution in [3.8, 4) is 6.19 Å². The average Bonchev–Trinajstić information content (AvgIpc) is 1.61. The van der Waals surface area contributed by atoms with E-state index in [1.54, 1.807) is 0 Å². The SMILES string of the molecule is N#CN=CC(=O)O. The van der Waals surface area contributed by atoms with Crippen molar-refractivity contribution < 1.29 is 9.90 Å². The number of nitriles is 1. The molecule has 0 radical (unpaired) electrons. The van der Waals surface area contributed by atoms with E-state index in [0.29, 0.717) is 6.21 Å². The van der Waals surface area contributed by atoms with Crippen LogP contribution in [0.5, 0.6) is 0 Å². The van der Waals surface area contributed by atoms with Gasteiger partial charge in [0.25, 0.3) is 0 Å². The molecule has 4 heteroatoms. The molecule has 0 aliphatic heterocycles. The van der Waals surface area contributed by atoms with Crippen molar-refractivity contribution in [2.24, 2.45) is 4.99 Å². The van der Waals surface area contributed by atoms with E-state index in [1.165, 1.54) is 6.19 Å². The molecule has 0 spiro atoms. The van der Waals surface area contributed by atoms with E-state index in [4.69, 9.17) is 10.4 Å². The molecule has 0 heterocycles. The van der Waals surface area contributed by atoms with Gasteiger partial charge in [-0.15, -0.1) is 0 Å². The minimum Gasteiger partial charge on any atom is -0.477 e. The van der Waals surface area contributed by atoms with Crippen LogP contribution in [0.3, 0.4) is 0 Å². The summed E-state index contributed by atoms with van der Waals surface area (Å²) >= 11 is 0. The third-order valence-electron chi connectivity index (χ3n) is 0.233. The Kier molecular flexibility index (Phi) is 2.29. The molecular weight excluding hydrogens is 96.0 g/mol. The summed E-state index contributed by atoms with van der Waals surface area (Å²) in [7, 11) is 0. The van der Waals surface area contributed by atoms with Gasteiger partial charge in [0.2, 0.25) is 6.19 Å². The Balaban J connectivity index is 3.53. The molecule has 0 aliphatic carbocycles. The number of hydrogen-bond acceptors (Lipinski definition) is 3. The Labute approximate surface area is 39.7 Å². The molecule has 0 aromatic rings. The van der Waals surface area contributed by atoms with E-state index in [2.05, 4.69) is 4.99 Å². The second-order valence-corrected chi connectivity index (χ2v) is 0.696. The van der Waals surface area contributed by atoms with E-state index in [0.717, 1.165) is 0 Å². The van der Waals surface area contributed by atoms with E-state index in [9.17, 15) is 4.79 Å². The zero-order valence-electron chi connectivity index (χ0n) is 3.33. The van der Waals surface area contributed by atoms with Crippen LogP contribution >= 0.6 is 0 Å². The van der Waals surface area contributed by atoms with Crippen LogP contribution in [-0.2, 0) is 4.79 Å². The highest BCUT2D eigenvalue weighted by molar-refractivity contribution is 6.22. The molecule has 0 aromatic carbocycles.